The van der Waals surface area contributed by atoms with Crippen LogP contribution in [-0.4, -0.2) is 4.98 Å². The average Bonchev–Trinajstić information content (AvgIpc) is 2.27. The van der Waals surface area contributed by atoms with Crippen LogP contribution in [0.5, 0.6) is 0 Å². The SMILES string of the molecule is Cc1c(C(F)(F)F)nc2cc(Cl)cc(Cl)c2c1NN. The third-order valence-corrected chi connectivity index (χ3v) is 3.18. The van der Waals surface area contributed by atoms with Crippen molar-refractivity contribution >= 4 is 39.8 Å². The number of rotatable bonds is 1. The molecule has 0 saturated heterocycles. The van der Waals surface area contributed by atoms with Gasteiger partial charge in [0.15, 0.2) is 0 Å². The van der Waals surface area contributed by atoms with Crippen molar-refractivity contribution < 1.29 is 13.2 Å². The van der Waals surface area contributed by atoms with E-state index in [0.717, 1.165) is 0 Å². The summed E-state index contributed by atoms with van der Waals surface area (Å²) in [5, 5.41) is 0.684. The number of hydrogen-bond acceptors (Lipinski definition) is 3. The second-order valence-electron chi connectivity index (χ2n) is 3.88. The molecular formula is C11H8Cl2F3N3. The van der Waals surface area contributed by atoms with Crippen LogP contribution >= 0.6 is 23.2 Å². The fourth-order valence-corrected chi connectivity index (χ4v) is 2.44. The Morgan fingerprint density at radius 3 is 2.42 bits per heavy atom. The molecule has 0 bridgehead atoms. The maximum atomic E-state index is 12.9. The number of benzene rings is 1. The third kappa shape index (κ3) is 2.43. The van der Waals surface area contributed by atoms with Crippen LogP contribution in [0.15, 0.2) is 12.1 Å². The minimum Gasteiger partial charge on any atom is -0.323 e. The summed E-state index contributed by atoms with van der Waals surface area (Å²) >= 11 is 11.8. The Kier molecular flexibility index (Phi) is 3.51. The highest BCUT2D eigenvalue weighted by molar-refractivity contribution is 6.39. The first-order valence-corrected chi connectivity index (χ1v) is 5.84. The van der Waals surface area contributed by atoms with Gasteiger partial charge in [0, 0.05) is 16.0 Å². The topological polar surface area (TPSA) is 50.9 Å². The summed E-state index contributed by atoms with van der Waals surface area (Å²) in [6, 6.07) is 2.72. The molecule has 3 nitrogen and oxygen atoms in total. The summed E-state index contributed by atoms with van der Waals surface area (Å²) < 4.78 is 38.7. The largest absolute Gasteiger partial charge is 0.433 e. The molecule has 0 aliphatic heterocycles. The molecular weight excluding hydrogens is 302 g/mol. The van der Waals surface area contributed by atoms with Gasteiger partial charge in [0.25, 0.3) is 0 Å². The summed E-state index contributed by atoms with van der Waals surface area (Å²) in [5.74, 6) is 5.30. The highest BCUT2D eigenvalue weighted by Gasteiger charge is 2.36. The Morgan fingerprint density at radius 2 is 1.89 bits per heavy atom. The van der Waals surface area contributed by atoms with Crippen molar-refractivity contribution in [3.05, 3.63) is 33.4 Å². The lowest BCUT2D eigenvalue weighted by molar-refractivity contribution is -0.141. The molecule has 8 heteroatoms. The molecule has 0 aliphatic carbocycles. The van der Waals surface area contributed by atoms with Crippen molar-refractivity contribution in [2.75, 3.05) is 5.43 Å². The number of aromatic nitrogens is 1. The highest BCUT2D eigenvalue weighted by atomic mass is 35.5. The molecule has 0 unspecified atom stereocenters. The number of nitrogens with zero attached hydrogens (tertiary/aromatic N) is 1. The molecule has 0 amide bonds. The first-order chi connectivity index (χ1) is 8.75. The number of nitrogen functional groups attached to an aromatic ring is 1. The van der Waals surface area contributed by atoms with Gasteiger partial charge in [-0.1, -0.05) is 23.2 Å². The van der Waals surface area contributed by atoms with Crippen LogP contribution in [0.3, 0.4) is 0 Å². The van der Waals surface area contributed by atoms with E-state index in [0.29, 0.717) is 5.39 Å². The van der Waals surface area contributed by atoms with Gasteiger partial charge < -0.3 is 5.43 Å². The molecule has 0 saturated carbocycles. The number of hydrogen-bond donors (Lipinski definition) is 2. The quantitative estimate of drug-likeness (QED) is 0.614. The maximum Gasteiger partial charge on any atom is 0.433 e. The van der Waals surface area contributed by atoms with Crippen LogP contribution in [0.25, 0.3) is 10.9 Å². The zero-order valence-corrected chi connectivity index (χ0v) is 11.1. The van der Waals surface area contributed by atoms with E-state index < -0.39 is 11.9 Å². The number of anilines is 1. The van der Waals surface area contributed by atoms with E-state index in [1.54, 1.807) is 0 Å². The zero-order chi connectivity index (χ0) is 14.4. The lowest BCUT2D eigenvalue weighted by atomic mass is 10.1. The monoisotopic (exact) mass is 309 g/mol. The number of nitrogens with one attached hydrogen (secondary N) is 1. The number of halogens is 5. The molecule has 0 radical (unpaired) electrons. The van der Waals surface area contributed by atoms with Gasteiger partial charge in [-0.25, -0.2) is 4.98 Å². The number of hydrazine groups is 1. The van der Waals surface area contributed by atoms with Crippen LogP contribution in [0.4, 0.5) is 18.9 Å². The van der Waals surface area contributed by atoms with Gasteiger partial charge in [0.05, 0.1) is 16.2 Å². The number of alkyl halides is 3. The van der Waals surface area contributed by atoms with Crippen molar-refractivity contribution in [2.45, 2.75) is 13.1 Å². The van der Waals surface area contributed by atoms with Gasteiger partial charge >= 0.3 is 6.18 Å². The maximum absolute atomic E-state index is 12.9. The summed E-state index contributed by atoms with van der Waals surface area (Å²) in [4.78, 5) is 3.59. The normalized spacial score (nSPS) is 11.9. The Hall–Kier alpha value is -1.24. The van der Waals surface area contributed by atoms with Crippen molar-refractivity contribution in [3.8, 4) is 0 Å². The van der Waals surface area contributed by atoms with Gasteiger partial charge in [-0.05, 0) is 19.1 Å². The van der Waals surface area contributed by atoms with E-state index in [9.17, 15) is 13.2 Å². The van der Waals surface area contributed by atoms with Crippen LogP contribution in [0, 0.1) is 6.92 Å². The molecule has 3 N–H and O–H groups in total. The van der Waals surface area contributed by atoms with E-state index in [-0.39, 0.29) is 26.8 Å². The second-order valence-corrected chi connectivity index (χ2v) is 4.73. The van der Waals surface area contributed by atoms with E-state index in [4.69, 9.17) is 29.0 Å². The van der Waals surface area contributed by atoms with E-state index in [1.165, 1.54) is 19.1 Å². The minimum absolute atomic E-state index is 0.0309. The van der Waals surface area contributed by atoms with Crippen molar-refractivity contribution in [1.29, 1.82) is 0 Å². The summed E-state index contributed by atoms with van der Waals surface area (Å²) in [5.41, 5.74) is 1.22. The van der Waals surface area contributed by atoms with Gasteiger partial charge in [0.1, 0.15) is 5.69 Å². The van der Waals surface area contributed by atoms with E-state index >= 15 is 0 Å². The van der Waals surface area contributed by atoms with Gasteiger partial charge in [0.2, 0.25) is 0 Å². The molecule has 1 heterocycles. The van der Waals surface area contributed by atoms with Crippen LogP contribution in [0.2, 0.25) is 10.0 Å². The number of pyridine rings is 1. The Morgan fingerprint density at radius 1 is 1.26 bits per heavy atom. The van der Waals surface area contributed by atoms with Crippen LogP contribution in [0.1, 0.15) is 11.3 Å². The predicted molar refractivity (Wildman–Crippen MR) is 69.3 cm³/mol. The first kappa shape index (κ1) is 14.2. The van der Waals surface area contributed by atoms with Crippen LogP contribution < -0.4 is 11.3 Å². The summed E-state index contributed by atoms with van der Waals surface area (Å²) in [6.07, 6.45) is -4.58. The fraction of sp³-hybridized carbons (Fsp3) is 0.182. The summed E-state index contributed by atoms with van der Waals surface area (Å²) in [6.45, 7) is 1.27. The van der Waals surface area contributed by atoms with Gasteiger partial charge in [-0.3, -0.25) is 5.84 Å². The molecule has 19 heavy (non-hydrogen) atoms. The van der Waals surface area contributed by atoms with Crippen molar-refractivity contribution in [3.63, 3.8) is 0 Å². The molecule has 0 fully saturated rings. The van der Waals surface area contributed by atoms with Gasteiger partial charge in [-0.15, -0.1) is 0 Å². The van der Waals surface area contributed by atoms with E-state index in [1.807, 2.05) is 0 Å². The molecule has 2 aromatic rings. The number of nitrogens with two attached hydrogens (primary N) is 1. The molecule has 1 aromatic heterocycles. The second kappa shape index (κ2) is 4.70. The number of fused-ring (bicyclic) bond motifs is 1. The zero-order valence-electron chi connectivity index (χ0n) is 9.57. The smallest absolute Gasteiger partial charge is 0.323 e. The Labute approximate surface area is 116 Å². The van der Waals surface area contributed by atoms with Crippen molar-refractivity contribution in [1.82, 2.24) is 4.98 Å². The minimum atomic E-state index is -4.58. The molecule has 0 atom stereocenters. The Balaban J connectivity index is 2.95. The van der Waals surface area contributed by atoms with Gasteiger partial charge in [-0.2, -0.15) is 13.2 Å². The lowest BCUT2D eigenvalue weighted by Crippen LogP contribution is -2.16. The molecule has 1 aromatic carbocycles. The molecule has 0 spiro atoms. The molecule has 102 valence electrons. The predicted octanol–water partition coefficient (Wildman–Crippen LogP) is 4.15. The average molecular weight is 310 g/mol. The molecule has 0 aliphatic rings. The molecule has 2 rings (SSSR count). The first-order valence-electron chi connectivity index (χ1n) is 5.09. The third-order valence-electron chi connectivity index (χ3n) is 2.66. The Bertz CT molecular complexity index is 656. The highest BCUT2D eigenvalue weighted by Crippen LogP contribution is 2.40. The lowest BCUT2D eigenvalue weighted by Gasteiger charge is -2.16. The standard InChI is InChI=1S/C11H8Cl2F3N3/c1-4-9(19-17)8-6(13)2-5(12)3-7(8)18-10(4)11(14,15)16/h2-3H,17H2,1H3,(H,18,19). The van der Waals surface area contributed by atoms with Crippen molar-refractivity contribution in [2.24, 2.45) is 5.84 Å². The fourth-order valence-electron chi connectivity index (χ4n) is 1.86. The van der Waals surface area contributed by atoms with E-state index in [2.05, 4.69) is 10.4 Å². The van der Waals surface area contributed by atoms with Crippen LogP contribution in [-0.2, 0) is 6.18 Å². The summed E-state index contributed by atoms with van der Waals surface area (Å²) in [7, 11) is 0.